The molecule has 0 aliphatic carbocycles. The van der Waals surface area contributed by atoms with Gasteiger partial charge < -0.3 is 5.32 Å². The van der Waals surface area contributed by atoms with Gasteiger partial charge in [-0.3, -0.25) is 4.79 Å². The zero-order valence-corrected chi connectivity index (χ0v) is 7.88. The SMILES string of the molecule is C=C(C)CNC(=O)c1ccc(F)nc1. The fourth-order valence-corrected chi connectivity index (χ4v) is 0.843. The van der Waals surface area contributed by atoms with Crippen LogP contribution in [0.3, 0.4) is 0 Å². The highest BCUT2D eigenvalue weighted by Gasteiger charge is 2.04. The molecule has 0 radical (unpaired) electrons. The van der Waals surface area contributed by atoms with E-state index in [4.69, 9.17) is 0 Å². The first-order chi connectivity index (χ1) is 6.59. The number of carbonyl (C=O) groups is 1. The Balaban J connectivity index is 2.61. The van der Waals surface area contributed by atoms with Crippen molar-refractivity contribution in [2.45, 2.75) is 6.92 Å². The summed E-state index contributed by atoms with van der Waals surface area (Å²) in [6.45, 7) is 5.87. The molecule has 1 aromatic rings. The molecule has 0 aliphatic heterocycles. The van der Waals surface area contributed by atoms with Crippen molar-refractivity contribution in [2.75, 3.05) is 6.54 Å². The minimum Gasteiger partial charge on any atom is -0.348 e. The summed E-state index contributed by atoms with van der Waals surface area (Å²) >= 11 is 0. The van der Waals surface area contributed by atoms with Gasteiger partial charge in [0.05, 0.1) is 5.56 Å². The molecule has 4 heteroatoms. The van der Waals surface area contributed by atoms with Crippen LogP contribution < -0.4 is 5.32 Å². The Morgan fingerprint density at radius 1 is 1.64 bits per heavy atom. The molecule has 0 bridgehead atoms. The molecule has 0 atom stereocenters. The smallest absolute Gasteiger partial charge is 0.253 e. The molecule has 1 amide bonds. The maximum absolute atomic E-state index is 12.4. The fourth-order valence-electron chi connectivity index (χ4n) is 0.843. The summed E-state index contributed by atoms with van der Waals surface area (Å²) in [5, 5.41) is 2.62. The second-order valence-electron chi connectivity index (χ2n) is 3.01. The lowest BCUT2D eigenvalue weighted by Crippen LogP contribution is -2.24. The van der Waals surface area contributed by atoms with Gasteiger partial charge in [-0.1, -0.05) is 12.2 Å². The number of carbonyl (C=O) groups excluding carboxylic acids is 1. The van der Waals surface area contributed by atoms with Crippen molar-refractivity contribution in [3.05, 3.63) is 42.0 Å². The van der Waals surface area contributed by atoms with Gasteiger partial charge in [-0.15, -0.1) is 0 Å². The summed E-state index contributed by atoms with van der Waals surface area (Å²) in [6.07, 6.45) is 1.20. The van der Waals surface area contributed by atoms with E-state index in [1.54, 1.807) is 0 Å². The van der Waals surface area contributed by atoms with E-state index in [-0.39, 0.29) is 5.91 Å². The van der Waals surface area contributed by atoms with Crippen LogP contribution in [0.25, 0.3) is 0 Å². The van der Waals surface area contributed by atoms with Crippen LogP contribution in [0.5, 0.6) is 0 Å². The molecule has 0 aromatic carbocycles. The van der Waals surface area contributed by atoms with Crippen molar-refractivity contribution in [2.24, 2.45) is 0 Å². The van der Waals surface area contributed by atoms with Gasteiger partial charge in [-0.05, 0) is 19.1 Å². The van der Waals surface area contributed by atoms with Gasteiger partial charge in [-0.2, -0.15) is 4.39 Å². The van der Waals surface area contributed by atoms with Gasteiger partial charge in [0, 0.05) is 12.7 Å². The van der Waals surface area contributed by atoms with Gasteiger partial charge in [0.25, 0.3) is 5.91 Å². The number of pyridine rings is 1. The minimum absolute atomic E-state index is 0.277. The van der Waals surface area contributed by atoms with E-state index in [0.717, 1.165) is 11.6 Å². The number of aromatic nitrogens is 1. The van der Waals surface area contributed by atoms with Crippen LogP contribution in [-0.2, 0) is 0 Å². The number of halogens is 1. The molecule has 0 fully saturated rings. The lowest BCUT2D eigenvalue weighted by molar-refractivity contribution is 0.0956. The molecule has 1 aromatic heterocycles. The van der Waals surface area contributed by atoms with E-state index >= 15 is 0 Å². The Labute approximate surface area is 81.7 Å². The topological polar surface area (TPSA) is 42.0 Å². The van der Waals surface area contributed by atoms with Gasteiger partial charge in [0.1, 0.15) is 0 Å². The Kier molecular flexibility index (Phi) is 3.34. The third-order valence-corrected chi connectivity index (χ3v) is 1.54. The van der Waals surface area contributed by atoms with Gasteiger partial charge >= 0.3 is 0 Å². The summed E-state index contributed by atoms with van der Waals surface area (Å²) in [6, 6.07) is 2.53. The highest BCUT2D eigenvalue weighted by atomic mass is 19.1. The lowest BCUT2D eigenvalue weighted by Gasteiger charge is -2.03. The molecule has 3 nitrogen and oxygen atoms in total. The summed E-state index contributed by atoms with van der Waals surface area (Å²) in [5.74, 6) is -0.873. The van der Waals surface area contributed by atoms with Crippen LogP contribution in [-0.4, -0.2) is 17.4 Å². The predicted molar refractivity (Wildman–Crippen MR) is 51.3 cm³/mol. The molecule has 0 saturated carbocycles. The predicted octanol–water partition coefficient (Wildman–Crippen LogP) is 1.53. The Morgan fingerprint density at radius 2 is 2.36 bits per heavy atom. The fraction of sp³-hybridized carbons (Fsp3) is 0.200. The van der Waals surface area contributed by atoms with E-state index in [2.05, 4.69) is 16.9 Å². The average Bonchev–Trinajstić information content (AvgIpc) is 2.15. The molecular weight excluding hydrogens is 183 g/mol. The Bertz CT molecular complexity index is 346. The van der Waals surface area contributed by atoms with E-state index in [9.17, 15) is 9.18 Å². The van der Waals surface area contributed by atoms with Crippen LogP contribution in [0.4, 0.5) is 4.39 Å². The van der Waals surface area contributed by atoms with Crippen LogP contribution in [0.1, 0.15) is 17.3 Å². The highest BCUT2D eigenvalue weighted by Crippen LogP contribution is 1.98. The zero-order chi connectivity index (χ0) is 10.6. The van der Waals surface area contributed by atoms with E-state index < -0.39 is 5.95 Å². The number of nitrogens with zero attached hydrogens (tertiary/aromatic N) is 1. The molecule has 1 heterocycles. The summed E-state index contributed by atoms with van der Waals surface area (Å²) in [4.78, 5) is 14.7. The molecule has 0 saturated heterocycles. The van der Waals surface area contributed by atoms with Crippen LogP contribution >= 0.6 is 0 Å². The molecule has 14 heavy (non-hydrogen) atoms. The number of hydrogen-bond donors (Lipinski definition) is 1. The number of nitrogens with one attached hydrogen (secondary N) is 1. The van der Waals surface area contributed by atoms with E-state index in [1.807, 2.05) is 6.92 Å². The van der Waals surface area contributed by atoms with Crippen molar-refractivity contribution >= 4 is 5.91 Å². The third-order valence-electron chi connectivity index (χ3n) is 1.54. The molecular formula is C10H11FN2O. The van der Waals surface area contributed by atoms with Crippen LogP contribution in [0.15, 0.2) is 30.5 Å². The number of amides is 1. The third kappa shape index (κ3) is 2.97. The summed E-state index contributed by atoms with van der Waals surface area (Å²) in [5.41, 5.74) is 1.20. The Hall–Kier alpha value is -1.71. The first kappa shape index (κ1) is 10.4. The van der Waals surface area contributed by atoms with Crippen molar-refractivity contribution in [1.29, 1.82) is 0 Å². The molecule has 0 spiro atoms. The largest absolute Gasteiger partial charge is 0.348 e. The van der Waals surface area contributed by atoms with E-state index in [0.29, 0.717) is 12.1 Å². The van der Waals surface area contributed by atoms with Gasteiger partial charge in [0.15, 0.2) is 0 Å². The number of rotatable bonds is 3. The molecule has 1 rings (SSSR count). The Morgan fingerprint density at radius 3 is 2.86 bits per heavy atom. The molecule has 0 aliphatic rings. The van der Waals surface area contributed by atoms with Crippen molar-refractivity contribution in [3.63, 3.8) is 0 Å². The second kappa shape index (κ2) is 4.50. The standard InChI is InChI=1S/C10H11FN2O/c1-7(2)5-13-10(14)8-3-4-9(11)12-6-8/h3-4,6H,1,5H2,2H3,(H,13,14). The van der Waals surface area contributed by atoms with Crippen molar-refractivity contribution < 1.29 is 9.18 Å². The normalized spacial score (nSPS) is 9.57. The molecule has 74 valence electrons. The lowest BCUT2D eigenvalue weighted by atomic mass is 10.2. The maximum atomic E-state index is 12.4. The second-order valence-corrected chi connectivity index (χ2v) is 3.01. The molecule has 1 N–H and O–H groups in total. The van der Waals surface area contributed by atoms with Crippen molar-refractivity contribution in [1.82, 2.24) is 10.3 Å². The summed E-state index contributed by atoms with van der Waals surface area (Å²) in [7, 11) is 0. The minimum atomic E-state index is -0.596. The van der Waals surface area contributed by atoms with E-state index in [1.165, 1.54) is 12.3 Å². The maximum Gasteiger partial charge on any atom is 0.253 e. The first-order valence-electron chi connectivity index (χ1n) is 4.13. The summed E-state index contributed by atoms with van der Waals surface area (Å²) < 4.78 is 12.4. The van der Waals surface area contributed by atoms with Crippen LogP contribution in [0.2, 0.25) is 0 Å². The average molecular weight is 194 g/mol. The highest BCUT2D eigenvalue weighted by molar-refractivity contribution is 5.93. The van der Waals surface area contributed by atoms with Gasteiger partial charge in [0.2, 0.25) is 5.95 Å². The quantitative estimate of drug-likeness (QED) is 0.585. The zero-order valence-electron chi connectivity index (χ0n) is 7.88. The van der Waals surface area contributed by atoms with Crippen LogP contribution in [0, 0.1) is 5.95 Å². The van der Waals surface area contributed by atoms with Crippen molar-refractivity contribution in [3.8, 4) is 0 Å². The van der Waals surface area contributed by atoms with Gasteiger partial charge in [-0.25, -0.2) is 4.98 Å². The molecule has 0 unspecified atom stereocenters. The first-order valence-corrected chi connectivity index (χ1v) is 4.13. The number of hydrogen-bond acceptors (Lipinski definition) is 2. The monoisotopic (exact) mass is 194 g/mol.